The van der Waals surface area contributed by atoms with Gasteiger partial charge in [0.2, 0.25) is 11.8 Å². The fourth-order valence-corrected chi connectivity index (χ4v) is 6.12. The third-order valence-electron chi connectivity index (χ3n) is 7.62. The van der Waals surface area contributed by atoms with Gasteiger partial charge in [0.05, 0.1) is 11.8 Å². The second-order valence-corrected chi connectivity index (χ2v) is 9.83. The Morgan fingerprint density at radius 3 is 2.22 bits per heavy atom. The minimum absolute atomic E-state index is 0.103. The fraction of sp³-hybridized carbons (Fsp3) is 0.520. The van der Waals surface area contributed by atoms with Crippen LogP contribution in [0.3, 0.4) is 0 Å². The summed E-state index contributed by atoms with van der Waals surface area (Å²) in [7, 11) is 0. The van der Waals surface area contributed by atoms with E-state index in [-0.39, 0.29) is 41.3 Å². The number of carbonyl (C=O) groups excluding carboxylic acids is 4. The lowest BCUT2D eigenvalue weighted by Crippen LogP contribution is -2.47. The number of Topliss-reactive ketones (excluding diaryl/α,β-unsaturated/α-hetero) is 1. The highest BCUT2D eigenvalue weighted by Gasteiger charge is 2.67. The zero-order chi connectivity index (χ0) is 22.6. The second-order valence-electron chi connectivity index (χ2n) is 9.40. The standard InChI is InChI=1S/C25H26ClNO5/c1-2-3-4-19(25(31)32-12-20(28)13-5-7-14(26)8-6-13)27-23(29)21-15-9-10-16(18-11-17(15)18)22(21)24(27)30/h5-10,15-19,21-22H,2-4,11-12H2,1H3/t15-,16-,17-,18-,19+,21+,22+/m1/s1. The zero-order valence-electron chi connectivity index (χ0n) is 17.9. The van der Waals surface area contributed by atoms with E-state index in [1.54, 1.807) is 24.3 Å². The summed E-state index contributed by atoms with van der Waals surface area (Å²) in [4.78, 5) is 53.4. The Morgan fingerprint density at radius 1 is 1.06 bits per heavy atom. The van der Waals surface area contributed by atoms with Crippen molar-refractivity contribution in [3.05, 3.63) is 47.0 Å². The number of esters is 1. The largest absolute Gasteiger partial charge is 0.456 e. The van der Waals surface area contributed by atoms with Crippen molar-refractivity contribution >= 4 is 35.2 Å². The first-order valence-corrected chi connectivity index (χ1v) is 11.8. The van der Waals surface area contributed by atoms with E-state index >= 15 is 0 Å². The van der Waals surface area contributed by atoms with Crippen molar-refractivity contribution in [1.82, 2.24) is 4.90 Å². The first-order valence-electron chi connectivity index (χ1n) is 11.4. The molecule has 1 aliphatic heterocycles. The van der Waals surface area contributed by atoms with Crippen molar-refractivity contribution in [2.24, 2.45) is 35.5 Å². The van der Waals surface area contributed by atoms with E-state index in [2.05, 4.69) is 12.2 Å². The highest BCUT2D eigenvalue weighted by molar-refractivity contribution is 6.30. The van der Waals surface area contributed by atoms with E-state index in [4.69, 9.17) is 16.3 Å². The van der Waals surface area contributed by atoms with Crippen LogP contribution >= 0.6 is 11.6 Å². The first-order chi connectivity index (χ1) is 15.4. The molecule has 6 rings (SSSR count). The molecule has 32 heavy (non-hydrogen) atoms. The molecule has 0 spiro atoms. The van der Waals surface area contributed by atoms with Crippen LogP contribution in [0.2, 0.25) is 5.02 Å². The second kappa shape index (κ2) is 8.14. The lowest BCUT2D eigenvalue weighted by atomic mass is 9.63. The first kappa shape index (κ1) is 21.4. The Kier molecular flexibility index (Phi) is 5.44. The molecule has 4 aliphatic carbocycles. The molecule has 2 saturated carbocycles. The van der Waals surface area contributed by atoms with Gasteiger partial charge < -0.3 is 4.74 Å². The van der Waals surface area contributed by atoms with Gasteiger partial charge in [0.25, 0.3) is 0 Å². The predicted molar refractivity (Wildman–Crippen MR) is 117 cm³/mol. The number of allylic oxidation sites excluding steroid dienone is 2. The normalized spacial score (nSPS) is 32.5. The molecule has 6 nitrogen and oxygen atoms in total. The summed E-state index contributed by atoms with van der Waals surface area (Å²) in [6, 6.07) is 5.35. The number of likely N-dealkylation sites (tertiary alicyclic amines) is 1. The number of ketones is 1. The molecule has 2 bridgehead atoms. The van der Waals surface area contributed by atoms with Gasteiger partial charge in [-0.2, -0.15) is 0 Å². The lowest BCUT2D eigenvalue weighted by Gasteiger charge is -2.37. The van der Waals surface area contributed by atoms with Crippen LogP contribution in [0.25, 0.3) is 0 Å². The number of amides is 2. The van der Waals surface area contributed by atoms with Crippen molar-refractivity contribution in [1.29, 1.82) is 0 Å². The maximum absolute atomic E-state index is 13.4. The van der Waals surface area contributed by atoms with Gasteiger partial charge in [-0.3, -0.25) is 19.3 Å². The summed E-state index contributed by atoms with van der Waals surface area (Å²) in [5.41, 5.74) is 0.383. The SMILES string of the molecule is CCCC[C@@H](C(=O)OCC(=O)c1ccc(Cl)cc1)N1C(=O)[C@H]2[C@@H]3C=C[C@H]([C@H]4C[C@H]34)[C@@H]2C1=O. The zero-order valence-corrected chi connectivity index (χ0v) is 18.7. The molecule has 3 fully saturated rings. The molecule has 1 saturated heterocycles. The topological polar surface area (TPSA) is 80.8 Å². The summed E-state index contributed by atoms with van der Waals surface area (Å²) in [6.07, 6.45) is 7.14. The highest BCUT2D eigenvalue weighted by Crippen LogP contribution is 2.65. The van der Waals surface area contributed by atoms with Crippen LogP contribution < -0.4 is 0 Å². The van der Waals surface area contributed by atoms with E-state index in [1.165, 1.54) is 4.90 Å². The molecule has 1 aromatic carbocycles. The van der Waals surface area contributed by atoms with Crippen LogP contribution in [0.4, 0.5) is 0 Å². The average Bonchev–Trinajstić information content (AvgIpc) is 3.57. The summed E-state index contributed by atoms with van der Waals surface area (Å²) >= 11 is 5.85. The van der Waals surface area contributed by atoms with Crippen molar-refractivity contribution < 1.29 is 23.9 Å². The van der Waals surface area contributed by atoms with Gasteiger partial charge in [-0.1, -0.05) is 43.5 Å². The third kappa shape index (κ3) is 3.40. The maximum Gasteiger partial charge on any atom is 0.329 e. The molecule has 1 heterocycles. The van der Waals surface area contributed by atoms with Gasteiger partial charge in [0.1, 0.15) is 6.04 Å². The van der Waals surface area contributed by atoms with Gasteiger partial charge in [-0.05, 0) is 60.8 Å². The van der Waals surface area contributed by atoms with E-state index in [1.807, 2.05) is 6.92 Å². The molecule has 7 atom stereocenters. The van der Waals surface area contributed by atoms with E-state index in [0.29, 0.717) is 35.3 Å². The van der Waals surface area contributed by atoms with Crippen molar-refractivity contribution in [2.75, 3.05) is 6.61 Å². The molecule has 0 N–H and O–H groups in total. The lowest BCUT2D eigenvalue weighted by molar-refractivity contribution is -0.158. The minimum atomic E-state index is -0.978. The molecular weight excluding hydrogens is 430 g/mol. The Morgan fingerprint density at radius 2 is 1.66 bits per heavy atom. The molecule has 0 aromatic heterocycles. The summed E-state index contributed by atoms with van der Waals surface area (Å²) < 4.78 is 5.33. The van der Waals surface area contributed by atoms with Gasteiger partial charge >= 0.3 is 5.97 Å². The van der Waals surface area contributed by atoms with Crippen LogP contribution in [0.1, 0.15) is 43.0 Å². The van der Waals surface area contributed by atoms with Crippen molar-refractivity contribution in [3.8, 4) is 0 Å². The number of benzene rings is 1. The highest BCUT2D eigenvalue weighted by atomic mass is 35.5. The monoisotopic (exact) mass is 455 g/mol. The van der Waals surface area contributed by atoms with E-state index in [0.717, 1.165) is 12.8 Å². The molecule has 7 heteroatoms. The maximum atomic E-state index is 13.4. The summed E-state index contributed by atoms with van der Waals surface area (Å²) in [6.45, 7) is 1.54. The van der Waals surface area contributed by atoms with Crippen LogP contribution in [0, 0.1) is 35.5 Å². The quantitative estimate of drug-likeness (QED) is 0.258. The number of carbonyl (C=O) groups is 4. The molecule has 1 aromatic rings. The van der Waals surface area contributed by atoms with Gasteiger partial charge in [-0.15, -0.1) is 0 Å². The van der Waals surface area contributed by atoms with Crippen molar-refractivity contribution in [2.45, 2.75) is 38.6 Å². The Bertz CT molecular complexity index is 966. The molecule has 2 amide bonds. The fourth-order valence-electron chi connectivity index (χ4n) is 5.99. The number of hydrogen-bond acceptors (Lipinski definition) is 5. The number of hydrogen-bond donors (Lipinski definition) is 0. The van der Waals surface area contributed by atoms with Crippen LogP contribution in [0.15, 0.2) is 36.4 Å². The molecule has 168 valence electrons. The molecule has 5 aliphatic rings. The number of nitrogens with zero attached hydrogens (tertiary/aromatic N) is 1. The summed E-state index contributed by atoms with van der Waals surface area (Å²) in [5, 5.41) is 0.506. The molecule has 0 unspecified atom stereocenters. The third-order valence-corrected chi connectivity index (χ3v) is 7.88. The number of unbranched alkanes of at least 4 members (excludes halogenated alkanes) is 1. The molecular formula is C25H26ClNO5. The minimum Gasteiger partial charge on any atom is -0.456 e. The van der Waals surface area contributed by atoms with Gasteiger partial charge in [0, 0.05) is 10.6 Å². The Labute approximate surface area is 191 Å². The van der Waals surface area contributed by atoms with Crippen LogP contribution in [-0.2, 0) is 19.1 Å². The Hall–Kier alpha value is -2.47. The summed E-state index contributed by atoms with van der Waals surface area (Å²) in [5.74, 6) is -1.04. The van der Waals surface area contributed by atoms with Crippen LogP contribution in [-0.4, -0.2) is 41.1 Å². The predicted octanol–water partition coefficient (Wildman–Crippen LogP) is 3.68. The number of ether oxygens (including phenoxy) is 1. The number of halogens is 1. The number of rotatable bonds is 8. The van der Waals surface area contributed by atoms with E-state index < -0.39 is 18.6 Å². The Balaban J connectivity index is 1.31. The van der Waals surface area contributed by atoms with Crippen molar-refractivity contribution in [3.63, 3.8) is 0 Å². The van der Waals surface area contributed by atoms with Gasteiger partial charge in [0.15, 0.2) is 12.4 Å². The van der Waals surface area contributed by atoms with Crippen LogP contribution in [0.5, 0.6) is 0 Å². The average molecular weight is 456 g/mol. The van der Waals surface area contributed by atoms with Gasteiger partial charge in [-0.25, -0.2) is 4.79 Å². The molecule has 0 radical (unpaired) electrons. The smallest absolute Gasteiger partial charge is 0.329 e. The number of imide groups is 1. The van der Waals surface area contributed by atoms with E-state index in [9.17, 15) is 19.2 Å².